The monoisotopic (exact) mass is 244 g/mol. The minimum Gasteiger partial charge on any atom is -0.460 e. The Morgan fingerprint density at radius 1 is 1.24 bits per heavy atom. The summed E-state index contributed by atoms with van der Waals surface area (Å²) in [7, 11) is 0. The maximum absolute atomic E-state index is 11.4. The molecule has 1 N–H and O–H groups in total. The topological polar surface area (TPSA) is 41.6 Å². The van der Waals surface area contributed by atoms with E-state index in [4.69, 9.17) is 4.74 Å². The molecule has 0 aromatic heterocycles. The number of nitrogens with zero attached hydrogens (tertiary/aromatic N) is 1. The van der Waals surface area contributed by atoms with Crippen LogP contribution in [0, 0.1) is 0 Å². The summed E-state index contributed by atoms with van der Waals surface area (Å²) in [5.74, 6) is -0.0963. The molecule has 1 fully saturated rings. The highest BCUT2D eigenvalue weighted by molar-refractivity contribution is 5.70. The van der Waals surface area contributed by atoms with Gasteiger partial charge in [-0.25, -0.2) is 0 Å². The maximum atomic E-state index is 11.4. The molecule has 0 amide bonds. The van der Waals surface area contributed by atoms with Crippen LogP contribution in [0.15, 0.2) is 0 Å². The van der Waals surface area contributed by atoms with Gasteiger partial charge in [0.25, 0.3) is 0 Å². The van der Waals surface area contributed by atoms with E-state index in [0.29, 0.717) is 6.42 Å². The zero-order chi connectivity index (χ0) is 13.3. The number of nitrogens with one attached hydrogen (secondary N) is 1. The lowest BCUT2D eigenvalue weighted by Crippen LogP contribution is -2.44. The minimum atomic E-state index is -0.361. The number of rotatable bonds is 3. The SMILES string of the molecule is CC.CC(C)(C)OC(=O)CCN1CCNCC1. The zero-order valence-corrected chi connectivity index (χ0v) is 12.0. The van der Waals surface area contributed by atoms with Crippen molar-refractivity contribution in [2.24, 2.45) is 0 Å². The largest absolute Gasteiger partial charge is 0.460 e. The van der Waals surface area contributed by atoms with Gasteiger partial charge in [0.05, 0.1) is 6.42 Å². The van der Waals surface area contributed by atoms with Gasteiger partial charge in [0.15, 0.2) is 0 Å². The minimum absolute atomic E-state index is 0.0963. The van der Waals surface area contributed by atoms with Gasteiger partial charge < -0.3 is 15.0 Å². The van der Waals surface area contributed by atoms with E-state index in [9.17, 15) is 4.79 Å². The Balaban J connectivity index is 0.00000121. The first-order valence-corrected chi connectivity index (χ1v) is 6.62. The molecule has 1 aliphatic rings. The van der Waals surface area contributed by atoms with Gasteiger partial charge >= 0.3 is 5.97 Å². The molecule has 0 aliphatic carbocycles. The van der Waals surface area contributed by atoms with Crippen LogP contribution < -0.4 is 5.32 Å². The van der Waals surface area contributed by atoms with Crippen LogP contribution in [-0.4, -0.2) is 49.2 Å². The molecule has 0 atom stereocenters. The lowest BCUT2D eigenvalue weighted by atomic mass is 10.2. The second kappa shape index (κ2) is 8.48. The van der Waals surface area contributed by atoms with Gasteiger partial charge in [0.1, 0.15) is 5.60 Å². The van der Waals surface area contributed by atoms with E-state index in [1.54, 1.807) is 0 Å². The molecule has 0 bridgehead atoms. The smallest absolute Gasteiger partial charge is 0.307 e. The lowest BCUT2D eigenvalue weighted by Gasteiger charge is -2.27. The quantitative estimate of drug-likeness (QED) is 0.767. The first-order chi connectivity index (χ1) is 7.97. The van der Waals surface area contributed by atoms with Crippen molar-refractivity contribution >= 4 is 5.97 Å². The molecule has 0 saturated carbocycles. The van der Waals surface area contributed by atoms with E-state index in [1.807, 2.05) is 34.6 Å². The van der Waals surface area contributed by atoms with Crippen molar-refractivity contribution in [2.75, 3.05) is 32.7 Å². The highest BCUT2D eigenvalue weighted by Gasteiger charge is 2.17. The molecule has 0 radical (unpaired) electrons. The molecule has 0 aromatic carbocycles. The molecule has 0 spiro atoms. The van der Waals surface area contributed by atoms with Crippen LogP contribution in [0.5, 0.6) is 0 Å². The van der Waals surface area contributed by atoms with Crippen LogP contribution in [0.4, 0.5) is 0 Å². The van der Waals surface area contributed by atoms with Gasteiger partial charge in [-0.05, 0) is 20.8 Å². The summed E-state index contributed by atoms with van der Waals surface area (Å²) in [6, 6.07) is 0. The number of carbonyl (C=O) groups excluding carboxylic acids is 1. The van der Waals surface area contributed by atoms with Gasteiger partial charge in [-0.15, -0.1) is 0 Å². The number of piperazine rings is 1. The van der Waals surface area contributed by atoms with Crippen molar-refractivity contribution < 1.29 is 9.53 Å². The van der Waals surface area contributed by atoms with Crippen molar-refractivity contribution in [1.82, 2.24) is 10.2 Å². The average molecular weight is 244 g/mol. The molecule has 4 heteroatoms. The molecule has 1 rings (SSSR count). The van der Waals surface area contributed by atoms with Crippen molar-refractivity contribution in [2.45, 2.75) is 46.6 Å². The van der Waals surface area contributed by atoms with Gasteiger partial charge in [0, 0.05) is 32.7 Å². The summed E-state index contributed by atoms with van der Waals surface area (Å²) in [4.78, 5) is 13.7. The van der Waals surface area contributed by atoms with Gasteiger partial charge in [0.2, 0.25) is 0 Å². The van der Waals surface area contributed by atoms with Crippen molar-refractivity contribution in [3.05, 3.63) is 0 Å². The number of esters is 1. The molecular weight excluding hydrogens is 216 g/mol. The third kappa shape index (κ3) is 9.12. The first kappa shape index (κ1) is 16.4. The Bertz CT molecular complexity index is 206. The lowest BCUT2D eigenvalue weighted by molar-refractivity contribution is -0.155. The predicted molar refractivity (Wildman–Crippen MR) is 71.1 cm³/mol. The standard InChI is InChI=1S/C11H22N2O2.C2H6/c1-11(2,3)15-10(14)4-7-13-8-5-12-6-9-13;1-2/h12H,4-9H2,1-3H3;1-2H3. The van der Waals surface area contributed by atoms with Crippen LogP contribution in [0.25, 0.3) is 0 Å². The second-order valence-electron chi connectivity index (χ2n) is 4.93. The van der Waals surface area contributed by atoms with Crippen molar-refractivity contribution in [1.29, 1.82) is 0 Å². The van der Waals surface area contributed by atoms with Gasteiger partial charge in [-0.3, -0.25) is 4.79 Å². The predicted octanol–water partition coefficient (Wildman–Crippen LogP) is 1.65. The Labute approximate surface area is 106 Å². The molecule has 4 nitrogen and oxygen atoms in total. The van der Waals surface area contributed by atoms with E-state index in [0.717, 1.165) is 32.7 Å². The van der Waals surface area contributed by atoms with Crippen LogP contribution >= 0.6 is 0 Å². The highest BCUT2D eigenvalue weighted by Crippen LogP contribution is 2.08. The number of hydrogen-bond acceptors (Lipinski definition) is 4. The summed E-state index contributed by atoms with van der Waals surface area (Å²) < 4.78 is 5.25. The summed E-state index contributed by atoms with van der Waals surface area (Å²) in [6.45, 7) is 14.6. The fourth-order valence-electron chi connectivity index (χ4n) is 1.58. The van der Waals surface area contributed by atoms with Crippen molar-refractivity contribution in [3.8, 4) is 0 Å². The fourth-order valence-corrected chi connectivity index (χ4v) is 1.58. The molecule has 1 heterocycles. The van der Waals surface area contributed by atoms with Gasteiger partial charge in [-0.1, -0.05) is 13.8 Å². The Morgan fingerprint density at radius 3 is 2.24 bits per heavy atom. The number of carbonyl (C=O) groups is 1. The normalized spacial score (nSPS) is 17.0. The fraction of sp³-hybridized carbons (Fsp3) is 0.923. The summed E-state index contributed by atoms with van der Waals surface area (Å²) >= 11 is 0. The second-order valence-corrected chi connectivity index (χ2v) is 4.93. The third-order valence-corrected chi connectivity index (χ3v) is 2.26. The Morgan fingerprint density at radius 2 is 1.76 bits per heavy atom. The van der Waals surface area contributed by atoms with Crippen LogP contribution in [0.3, 0.4) is 0 Å². The van der Waals surface area contributed by atoms with E-state index < -0.39 is 0 Å². The summed E-state index contributed by atoms with van der Waals surface area (Å²) in [5, 5.41) is 3.28. The Hall–Kier alpha value is -0.610. The molecule has 1 aliphatic heterocycles. The van der Waals surface area contributed by atoms with E-state index in [2.05, 4.69) is 10.2 Å². The zero-order valence-electron chi connectivity index (χ0n) is 12.0. The van der Waals surface area contributed by atoms with Gasteiger partial charge in [-0.2, -0.15) is 0 Å². The molecule has 17 heavy (non-hydrogen) atoms. The molecule has 102 valence electrons. The average Bonchev–Trinajstić information content (AvgIpc) is 2.28. The summed E-state index contributed by atoms with van der Waals surface area (Å²) in [6.07, 6.45) is 0.497. The maximum Gasteiger partial charge on any atom is 0.307 e. The molecule has 0 unspecified atom stereocenters. The van der Waals surface area contributed by atoms with Crippen LogP contribution in [0.2, 0.25) is 0 Å². The number of hydrogen-bond donors (Lipinski definition) is 1. The van der Waals surface area contributed by atoms with Crippen molar-refractivity contribution in [3.63, 3.8) is 0 Å². The first-order valence-electron chi connectivity index (χ1n) is 6.62. The summed E-state index contributed by atoms with van der Waals surface area (Å²) in [5.41, 5.74) is -0.361. The van der Waals surface area contributed by atoms with E-state index >= 15 is 0 Å². The number of ether oxygens (including phenoxy) is 1. The van der Waals surface area contributed by atoms with E-state index in [1.165, 1.54) is 0 Å². The highest BCUT2D eigenvalue weighted by atomic mass is 16.6. The molecule has 1 saturated heterocycles. The third-order valence-electron chi connectivity index (χ3n) is 2.26. The molecule has 0 aromatic rings. The van der Waals surface area contributed by atoms with Crippen LogP contribution in [-0.2, 0) is 9.53 Å². The molecular formula is C13H28N2O2. The Kier molecular flexibility index (Phi) is 8.17. The van der Waals surface area contributed by atoms with Crippen LogP contribution in [0.1, 0.15) is 41.0 Å². The van der Waals surface area contributed by atoms with E-state index in [-0.39, 0.29) is 11.6 Å².